The summed E-state index contributed by atoms with van der Waals surface area (Å²) < 4.78 is 16.3. The molecule has 1 fully saturated rings. The van der Waals surface area contributed by atoms with Crippen LogP contribution >= 0.6 is 11.6 Å². The number of benzene rings is 2. The summed E-state index contributed by atoms with van der Waals surface area (Å²) in [6, 6.07) is 13.9. The van der Waals surface area contributed by atoms with Gasteiger partial charge in [-0.3, -0.25) is 0 Å². The van der Waals surface area contributed by atoms with E-state index in [1.807, 2.05) is 36.4 Å². The van der Waals surface area contributed by atoms with Crippen molar-refractivity contribution >= 4 is 28.2 Å². The van der Waals surface area contributed by atoms with Crippen LogP contribution in [0.1, 0.15) is 11.1 Å². The van der Waals surface area contributed by atoms with E-state index in [0.29, 0.717) is 31.5 Å². The molecule has 2 aromatic carbocycles. The molecular weight excluding hydrogens is 402 g/mol. The Balaban J connectivity index is 1.67. The van der Waals surface area contributed by atoms with E-state index < -0.39 is 0 Å². The second-order valence-electron chi connectivity index (χ2n) is 7.17. The number of fused-ring (bicyclic) bond motifs is 1. The highest BCUT2D eigenvalue weighted by atomic mass is 35.5. The smallest absolute Gasteiger partial charge is 0.136 e. The van der Waals surface area contributed by atoms with E-state index in [9.17, 15) is 0 Å². The second kappa shape index (κ2) is 9.51. The van der Waals surface area contributed by atoms with Crippen molar-refractivity contribution in [2.45, 2.75) is 13.1 Å². The molecule has 0 bridgehead atoms. The normalized spacial score (nSPS) is 14.2. The number of pyridine rings is 1. The molecule has 1 aliphatic heterocycles. The molecule has 6 nitrogen and oxygen atoms in total. The van der Waals surface area contributed by atoms with Crippen LogP contribution in [0.2, 0.25) is 5.15 Å². The summed E-state index contributed by atoms with van der Waals surface area (Å²) in [7, 11) is 3.35. The predicted molar refractivity (Wildman–Crippen MR) is 120 cm³/mol. The maximum absolute atomic E-state index is 6.67. The molecule has 0 atom stereocenters. The van der Waals surface area contributed by atoms with Crippen LogP contribution in [-0.4, -0.2) is 45.5 Å². The average Bonchev–Trinajstić information content (AvgIpc) is 2.79. The molecule has 7 heteroatoms. The first-order valence-corrected chi connectivity index (χ1v) is 10.4. The molecule has 1 aliphatic rings. The van der Waals surface area contributed by atoms with Crippen molar-refractivity contribution in [3.05, 3.63) is 58.7 Å². The first-order valence-electron chi connectivity index (χ1n) is 10.0. The van der Waals surface area contributed by atoms with Crippen molar-refractivity contribution in [2.24, 2.45) is 0 Å². The topological polar surface area (TPSA) is 55.8 Å². The SMILES string of the molecule is COc1cccc(CNCc2c(Cl)nc3ccc(OC)cc3c2N2CCOCC2)c1. The summed E-state index contributed by atoms with van der Waals surface area (Å²) in [5, 5.41) is 5.07. The van der Waals surface area contributed by atoms with Crippen molar-refractivity contribution in [1.82, 2.24) is 10.3 Å². The molecule has 30 heavy (non-hydrogen) atoms. The minimum Gasteiger partial charge on any atom is -0.497 e. The largest absolute Gasteiger partial charge is 0.497 e. The van der Waals surface area contributed by atoms with E-state index in [4.69, 9.17) is 25.8 Å². The minimum atomic E-state index is 0.521. The number of rotatable bonds is 7. The molecule has 158 valence electrons. The Morgan fingerprint density at radius 3 is 2.57 bits per heavy atom. The molecule has 0 radical (unpaired) electrons. The zero-order valence-electron chi connectivity index (χ0n) is 17.3. The fourth-order valence-electron chi connectivity index (χ4n) is 3.78. The molecule has 2 heterocycles. The maximum atomic E-state index is 6.67. The van der Waals surface area contributed by atoms with Gasteiger partial charge >= 0.3 is 0 Å². The van der Waals surface area contributed by atoms with E-state index in [1.54, 1.807) is 14.2 Å². The summed E-state index contributed by atoms with van der Waals surface area (Å²) in [4.78, 5) is 6.99. The van der Waals surface area contributed by atoms with Crippen molar-refractivity contribution in [3.8, 4) is 11.5 Å². The predicted octanol–water partition coefficient (Wildman–Crippen LogP) is 4.03. The summed E-state index contributed by atoms with van der Waals surface area (Å²) in [5.41, 5.74) is 4.10. The van der Waals surface area contributed by atoms with E-state index in [-0.39, 0.29) is 0 Å². The Hall–Kier alpha value is -2.54. The van der Waals surface area contributed by atoms with Gasteiger partial charge in [0.2, 0.25) is 0 Å². The van der Waals surface area contributed by atoms with Crippen molar-refractivity contribution in [1.29, 1.82) is 0 Å². The number of hydrogen-bond donors (Lipinski definition) is 1. The molecule has 0 amide bonds. The molecule has 1 saturated heterocycles. The fourth-order valence-corrected chi connectivity index (χ4v) is 4.03. The van der Waals surface area contributed by atoms with Crippen LogP contribution < -0.4 is 19.7 Å². The Morgan fingerprint density at radius 2 is 1.80 bits per heavy atom. The number of aromatic nitrogens is 1. The van der Waals surface area contributed by atoms with Crippen LogP contribution in [0.3, 0.4) is 0 Å². The number of anilines is 1. The molecular formula is C23H26ClN3O3. The highest BCUT2D eigenvalue weighted by Gasteiger charge is 2.21. The minimum absolute atomic E-state index is 0.521. The summed E-state index contributed by atoms with van der Waals surface area (Å²) in [6.07, 6.45) is 0. The van der Waals surface area contributed by atoms with Crippen LogP contribution in [0.25, 0.3) is 10.9 Å². The lowest BCUT2D eigenvalue weighted by molar-refractivity contribution is 0.122. The Labute approximate surface area is 181 Å². The molecule has 0 aliphatic carbocycles. The van der Waals surface area contributed by atoms with E-state index in [1.165, 1.54) is 0 Å². The Morgan fingerprint density at radius 1 is 1.03 bits per heavy atom. The van der Waals surface area contributed by atoms with E-state index >= 15 is 0 Å². The molecule has 1 aromatic heterocycles. The average molecular weight is 428 g/mol. The van der Waals surface area contributed by atoms with Gasteiger partial charge in [0, 0.05) is 37.1 Å². The number of halogens is 1. The lowest BCUT2D eigenvalue weighted by Crippen LogP contribution is -2.37. The van der Waals surface area contributed by atoms with Gasteiger partial charge in [0.1, 0.15) is 16.7 Å². The van der Waals surface area contributed by atoms with Crippen LogP contribution in [0.4, 0.5) is 5.69 Å². The zero-order valence-corrected chi connectivity index (χ0v) is 18.0. The lowest BCUT2D eigenvalue weighted by atomic mass is 10.1. The van der Waals surface area contributed by atoms with Crippen molar-refractivity contribution in [2.75, 3.05) is 45.4 Å². The van der Waals surface area contributed by atoms with Gasteiger partial charge in [-0.1, -0.05) is 23.7 Å². The van der Waals surface area contributed by atoms with Gasteiger partial charge in [-0.25, -0.2) is 4.98 Å². The standard InChI is InChI=1S/C23H26ClN3O3/c1-28-17-5-3-4-16(12-17)14-25-15-20-22(27-8-10-30-11-9-27)19-13-18(29-2)6-7-21(19)26-23(20)24/h3-7,12-13,25H,8-11,14-15H2,1-2H3. The monoisotopic (exact) mass is 427 g/mol. The number of methoxy groups -OCH3 is 2. The fraction of sp³-hybridized carbons (Fsp3) is 0.348. The summed E-state index contributed by atoms with van der Waals surface area (Å²) in [5.74, 6) is 1.65. The van der Waals surface area contributed by atoms with Crippen molar-refractivity contribution in [3.63, 3.8) is 0 Å². The van der Waals surface area contributed by atoms with Crippen LogP contribution in [0.5, 0.6) is 11.5 Å². The third-order valence-electron chi connectivity index (χ3n) is 5.30. The molecule has 0 spiro atoms. The molecule has 3 aromatic rings. The van der Waals surface area contributed by atoms with Gasteiger partial charge < -0.3 is 24.4 Å². The Bertz CT molecular complexity index is 1020. The third kappa shape index (κ3) is 4.46. The summed E-state index contributed by atoms with van der Waals surface area (Å²) >= 11 is 6.67. The van der Waals surface area contributed by atoms with Gasteiger partial charge in [0.15, 0.2) is 0 Å². The first-order chi connectivity index (χ1) is 14.7. The number of hydrogen-bond acceptors (Lipinski definition) is 6. The van der Waals surface area contributed by atoms with Gasteiger partial charge in [0.05, 0.1) is 38.6 Å². The van der Waals surface area contributed by atoms with Gasteiger partial charge in [-0.15, -0.1) is 0 Å². The van der Waals surface area contributed by atoms with Crippen LogP contribution in [0.15, 0.2) is 42.5 Å². The zero-order chi connectivity index (χ0) is 20.9. The second-order valence-corrected chi connectivity index (χ2v) is 7.53. The van der Waals surface area contributed by atoms with E-state index in [0.717, 1.165) is 52.3 Å². The number of nitrogens with zero attached hydrogens (tertiary/aromatic N) is 2. The van der Waals surface area contributed by atoms with Gasteiger partial charge in [0.25, 0.3) is 0 Å². The first kappa shape index (κ1) is 20.7. The number of morpholine rings is 1. The molecule has 0 unspecified atom stereocenters. The van der Waals surface area contributed by atoms with Gasteiger partial charge in [-0.2, -0.15) is 0 Å². The summed E-state index contributed by atoms with van der Waals surface area (Å²) in [6.45, 7) is 4.32. The number of ether oxygens (including phenoxy) is 3. The van der Waals surface area contributed by atoms with Crippen LogP contribution in [0, 0.1) is 0 Å². The lowest BCUT2D eigenvalue weighted by Gasteiger charge is -2.32. The number of nitrogens with one attached hydrogen (secondary N) is 1. The quantitative estimate of drug-likeness (QED) is 0.574. The van der Waals surface area contributed by atoms with Gasteiger partial charge in [-0.05, 0) is 35.9 Å². The maximum Gasteiger partial charge on any atom is 0.136 e. The Kier molecular flexibility index (Phi) is 6.57. The third-order valence-corrected chi connectivity index (χ3v) is 5.62. The highest BCUT2D eigenvalue weighted by Crippen LogP contribution is 2.36. The molecule has 0 saturated carbocycles. The highest BCUT2D eigenvalue weighted by molar-refractivity contribution is 6.31. The van der Waals surface area contributed by atoms with Crippen LogP contribution in [-0.2, 0) is 17.8 Å². The van der Waals surface area contributed by atoms with Crippen molar-refractivity contribution < 1.29 is 14.2 Å². The molecule has 1 N–H and O–H groups in total. The molecule has 4 rings (SSSR count). The van der Waals surface area contributed by atoms with E-state index in [2.05, 4.69) is 21.3 Å².